The van der Waals surface area contributed by atoms with Gasteiger partial charge in [0.2, 0.25) is 11.7 Å². The van der Waals surface area contributed by atoms with Gasteiger partial charge in [0.1, 0.15) is 0 Å². The van der Waals surface area contributed by atoms with Crippen LogP contribution in [-0.2, 0) is 11.2 Å². The Balaban J connectivity index is 1.55. The molecule has 32 heavy (non-hydrogen) atoms. The number of aryl methyl sites for hydroxylation is 2. The number of amides is 1. The highest BCUT2D eigenvalue weighted by atomic mass is 16.5. The summed E-state index contributed by atoms with van der Waals surface area (Å²) in [6, 6.07) is 11.4. The normalized spacial score (nSPS) is 11.0. The van der Waals surface area contributed by atoms with Gasteiger partial charge in [0.25, 0.3) is 0 Å². The molecule has 8 nitrogen and oxygen atoms in total. The number of rotatable bonds is 7. The van der Waals surface area contributed by atoms with Crippen LogP contribution >= 0.6 is 0 Å². The lowest BCUT2D eigenvalue weighted by molar-refractivity contribution is -0.116. The van der Waals surface area contributed by atoms with E-state index in [4.69, 9.17) is 19.2 Å². The van der Waals surface area contributed by atoms with Crippen molar-refractivity contribution in [1.29, 1.82) is 0 Å². The first-order valence-electron chi connectivity index (χ1n) is 10.3. The Kier molecular flexibility index (Phi) is 5.85. The van der Waals surface area contributed by atoms with Gasteiger partial charge in [-0.2, -0.15) is 5.10 Å². The van der Waals surface area contributed by atoms with Crippen LogP contribution in [0, 0.1) is 13.8 Å². The monoisotopic (exact) mass is 434 g/mol. The van der Waals surface area contributed by atoms with Crippen LogP contribution in [0.2, 0.25) is 0 Å². The van der Waals surface area contributed by atoms with Gasteiger partial charge in [-0.15, -0.1) is 0 Å². The van der Waals surface area contributed by atoms with Crippen molar-refractivity contribution in [1.82, 2.24) is 14.6 Å². The summed E-state index contributed by atoms with van der Waals surface area (Å²) >= 11 is 0. The largest absolute Gasteiger partial charge is 0.493 e. The maximum Gasteiger partial charge on any atom is 0.224 e. The number of aromatic nitrogens is 3. The molecule has 8 heteroatoms. The molecule has 0 spiro atoms. The third kappa shape index (κ3) is 3.79. The number of ether oxygens (including phenoxy) is 3. The van der Waals surface area contributed by atoms with Gasteiger partial charge < -0.3 is 19.5 Å². The molecule has 0 aliphatic carbocycles. The van der Waals surface area contributed by atoms with E-state index in [0.29, 0.717) is 35.8 Å². The lowest BCUT2D eigenvalue weighted by atomic mass is 10.1. The molecule has 166 valence electrons. The molecule has 0 radical (unpaired) electrons. The molecule has 0 saturated carbocycles. The Labute approximate surface area is 186 Å². The molecule has 4 aromatic rings. The van der Waals surface area contributed by atoms with Gasteiger partial charge in [0.05, 0.1) is 26.8 Å². The Morgan fingerprint density at radius 3 is 2.38 bits per heavy atom. The van der Waals surface area contributed by atoms with Crippen molar-refractivity contribution >= 4 is 28.1 Å². The molecular formula is C24H26N4O4. The number of carbonyl (C=O) groups is 1. The summed E-state index contributed by atoms with van der Waals surface area (Å²) in [6.45, 7) is 3.99. The van der Waals surface area contributed by atoms with Gasteiger partial charge in [-0.1, -0.05) is 12.1 Å². The zero-order chi connectivity index (χ0) is 22.8. The highest BCUT2D eigenvalue weighted by Gasteiger charge is 2.17. The van der Waals surface area contributed by atoms with Crippen LogP contribution in [0.15, 0.2) is 36.4 Å². The molecule has 4 rings (SSSR count). The molecule has 0 aliphatic rings. The van der Waals surface area contributed by atoms with Crippen molar-refractivity contribution in [2.45, 2.75) is 26.7 Å². The molecular weight excluding hydrogens is 408 g/mol. The summed E-state index contributed by atoms with van der Waals surface area (Å²) in [4.78, 5) is 17.5. The van der Waals surface area contributed by atoms with Crippen LogP contribution in [0.4, 0.5) is 5.69 Å². The Hall–Kier alpha value is -3.81. The van der Waals surface area contributed by atoms with Gasteiger partial charge in [-0.25, -0.2) is 9.50 Å². The zero-order valence-electron chi connectivity index (χ0n) is 18.9. The summed E-state index contributed by atoms with van der Waals surface area (Å²) in [6.07, 6.45) is 0.847. The minimum atomic E-state index is -0.121. The maximum absolute atomic E-state index is 12.7. The maximum atomic E-state index is 12.7. The summed E-state index contributed by atoms with van der Waals surface area (Å²) in [5, 5.41) is 8.61. The minimum Gasteiger partial charge on any atom is -0.493 e. The van der Waals surface area contributed by atoms with Gasteiger partial charge in [0, 0.05) is 41.0 Å². The van der Waals surface area contributed by atoms with Gasteiger partial charge in [0.15, 0.2) is 17.1 Å². The Bertz CT molecular complexity index is 1290. The molecule has 0 saturated heterocycles. The molecule has 2 heterocycles. The first-order chi connectivity index (χ1) is 15.5. The molecule has 1 amide bonds. The predicted octanol–water partition coefficient (Wildman–Crippen LogP) is 4.10. The Morgan fingerprint density at radius 1 is 1.03 bits per heavy atom. The van der Waals surface area contributed by atoms with Crippen LogP contribution in [0.5, 0.6) is 17.2 Å². The van der Waals surface area contributed by atoms with Crippen LogP contribution in [0.1, 0.15) is 23.4 Å². The van der Waals surface area contributed by atoms with E-state index in [9.17, 15) is 4.79 Å². The van der Waals surface area contributed by atoms with E-state index in [1.54, 1.807) is 12.1 Å². The highest BCUT2D eigenvalue weighted by Crippen LogP contribution is 2.40. The van der Waals surface area contributed by atoms with Crippen LogP contribution in [0.25, 0.3) is 16.6 Å². The number of methoxy groups -OCH3 is 3. The van der Waals surface area contributed by atoms with E-state index < -0.39 is 0 Å². The summed E-state index contributed by atoms with van der Waals surface area (Å²) < 4.78 is 17.9. The highest BCUT2D eigenvalue weighted by molar-refractivity contribution is 5.93. The minimum absolute atomic E-state index is 0.121. The molecule has 0 atom stereocenters. The molecule has 0 fully saturated rings. The second-order valence-electron chi connectivity index (χ2n) is 7.48. The van der Waals surface area contributed by atoms with Crippen molar-refractivity contribution < 1.29 is 19.0 Å². The number of benzene rings is 2. The molecule has 1 N–H and O–H groups in total. The standard InChI is InChI=1S/C24H26N4O4/c1-14-17(15(2)28-24(25-14)18-8-6-7-9-19(18)27-28)10-11-22(29)26-16-12-20(30-3)23(32-5)21(13-16)31-4/h6-9,12-13H,10-11H2,1-5H3,(H,26,29). The van der Waals surface area contributed by atoms with Gasteiger partial charge in [-0.3, -0.25) is 4.79 Å². The van der Waals surface area contributed by atoms with E-state index >= 15 is 0 Å². The van der Waals surface area contributed by atoms with E-state index in [1.807, 2.05) is 42.6 Å². The third-order valence-electron chi connectivity index (χ3n) is 5.57. The zero-order valence-corrected chi connectivity index (χ0v) is 18.9. The number of nitrogens with zero attached hydrogens (tertiary/aromatic N) is 3. The molecule has 2 aromatic carbocycles. The van der Waals surface area contributed by atoms with Crippen molar-refractivity contribution in [2.75, 3.05) is 26.6 Å². The van der Waals surface area contributed by atoms with Gasteiger partial charge in [-0.05, 0) is 38.0 Å². The molecule has 0 bridgehead atoms. The SMILES string of the molecule is COc1cc(NC(=O)CCc2c(C)nc3c4ccccc4nn3c2C)cc(OC)c1OC. The van der Waals surface area contributed by atoms with Gasteiger partial charge >= 0.3 is 0 Å². The van der Waals surface area contributed by atoms with E-state index in [1.165, 1.54) is 21.3 Å². The fourth-order valence-corrected chi connectivity index (χ4v) is 3.95. The predicted molar refractivity (Wildman–Crippen MR) is 123 cm³/mol. The number of nitrogens with one attached hydrogen (secondary N) is 1. The summed E-state index contributed by atoms with van der Waals surface area (Å²) in [7, 11) is 4.61. The lowest BCUT2D eigenvalue weighted by Gasteiger charge is -2.15. The average molecular weight is 434 g/mol. The number of hydrogen-bond donors (Lipinski definition) is 1. The second kappa shape index (κ2) is 8.74. The van der Waals surface area contributed by atoms with Crippen molar-refractivity contribution in [3.05, 3.63) is 53.3 Å². The van der Waals surface area contributed by atoms with Crippen molar-refractivity contribution in [2.24, 2.45) is 0 Å². The number of hydrogen-bond acceptors (Lipinski definition) is 6. The number of fused-ring (bicyclic) bond motifs is 3. The quantitative estimate of drug-likeness (QED) is 0.471. The fourth-order valence-electron chi connectivity index (χ4n) is 3.95. The average Bonchev–Trinajstić information content (AvgIpc) is 3.17. The van der Waals surface area contributed by atoms with Crippen LogP contribution in [0.3, 0.4) is 0 Å². The molecule has 0 aliphatic heterocycles. The van der Waals surface area contributed by atoms with Crippen LogP contribution in [-0.4, -0.2) is 41.8 Å². The van der Waals surface area contributed by atoms with E-state index in [-0.39, 0.29) is 5.91 Å². The van der Waals surface area contributed by atoms with E-state index in [2.05, 4.69) is 10.4 Å². The Morgan fingerprint density at radius 2 is 1.72 bits per heavy atom. The second-order valence-corrected chi connectivity index (χ2v) is 7.48. The topological polar surface area (TPSA) is 87.0 Å². The number of carbonyl (C=O) groups excluding carboxylic acids is 1. The van der Waals surface area contributed by atoms with E-state index in [0.717, 1.165) is 33.5 Å². The smallest absolute Gasteiger partial charge is 0.224 e. The van der Waals surface area contributed by atoms with Crippen molar-refractivity contribution in [3.63, 3.8) is 0 Å². The van der Waals surface area contributed by atoms with Crippen LogP contribution < -0.4 is 19.5 Å². The third-order valence-corrected chi connectivity index (χ3v) is 5.57. The first kappa shape index (κ1) is 21.4. The molecule has 0 unspecified atom stereocenters. The summed E-state index contributed by atoms with van der Waals surface area (Å²) in [5.74, 6) is 1.32. The fraction of sp³-hybridized carbons (Fsp3) is 0.292. The first-order valence-corrected chi connectivity index (χ1v) is 10.3. The van der Waals surface area contributed by atoms with Crippen molar-refractivity contribution in [3.8, 4) is 17.2 Å². The molecule has 2 aromatic heterocycles. The lowest BCUT2D eigenvalue weighted by Crippen LogP contribution is -2.14. The summed E-state index contributed by atoms with van der Waals surface area (Å²) in [5.41, 5.74) is 5.22. The number of anilines is 1.